The zero-order valence-corrected chi connectivity index (χ0v) is 16.7. The van der Waals surface area contributed by atoms with Crippen molar-refractivity contribution in [3.05, 3.63) is 12.2 Å². The highest BCUT2D eigenvalue weighted by molar-refractivity contribution is 5.98. The monoisotopic (exact) mass is 388 g/mol. The Labute approximate surface area is 164 Å². The molecular weight excluding hydrogens is 360 g/mol. The van der Waals surface area contributed by atoms with Crippen LogP contribution in [0.4, 0.5) is 0 Å². The summed E-state index contributed by atoms with van der Waals surface area (Å²) in [5, 5.41) is 11.3. The van der Waals surface area contributed by atoms with Crippen molar-refractivity contribution in [2.45, 2.75) is 64.8 Å². The van der Waals surface area contributed by atoms with Crippen molar-refractivity contribution >= 4 is 17.5 Å². The first-order valence-electron chi connectivity index (χ1n) is 10.3. The average Bonchev–Trinajstić information content (AvgIpc) is 2.82. The quantitative estimate of drug-likeness (QED) is 0.545. The number of hydrogen-bond donors (Lipinski definition) is 1. The van der Waals surface area contributed by atoms with E-state index in [-0.39, 0.29) is 36.1 Å². The fourth-order valence-electron chi connectivity index (χ4n) is 7.86. The molecule has 6 heteroatoms. The van der Waals surface area contributed by atoms with Crippen LogP contribution in [0.2, 0.25) is 0 Å². The van der Waals surface area contributed by atoms with Gasteiger partial charge < -0.3 is 14.6 Å². The van der Waals surface area contributed by atoms with Gasteiger partial charge in [-0.25, -0.2) is 0 Å². The molecule has 152 valence electrons. The van der Waals surface area contributed by atoms with Crippen LogP contribution in [0.25, 0.3) is 0 Å². The molecule has 4 bridgehead atoms. The van der Waals surface area contributed by atoms with E-state index < -0.39 is 40.3 Å². The number of carbonyl (C=O) groups is 3. The van der Waals surface area contributed by atoms with Gasteiger partial charge in [-0.3, -0.25) is 14.4 Å². The van der Waals surface area contributed by atoms with Crippen LogP contribution in [0.15, 0.2) is 12.2 Å². The molecule has 0 aromatic carbocycles. The molecule has 0 amide bonds. The van der Waals surface area contributed by atoms with Crippen molar-refractivity contribution in [2.75, 3.05) is 6.61 Å². The number of aliphatic hydroxyl groups is 1. The molecule has 0 aromatic heterocycles. The minimum atomic E-state index is -1.26. The van der Waals surface area contributed by atoms with Gasteiger partial charge in [-0.1, -0.05) is 20.4 Å². The molecule has 4 unspecified atom stereocenters. The largest absolute Gasteiger partial charge is 0.457 e. The van der Waals surface area contributed by atoms with E-state index in [2.05, 4.69) is 6.58 Å². The van der Waals surface area contributed by atoms with Crippen LogP contribution in [0.3, 0.4) is 0 Å². The van der Waals surface area contributed by atoms with E-state index in [1.807, 2.05) is 13.8 Å². The lowest BCUT2D eigenvalue weighted by atomic mass is 9.37. The summed E-state index contributed by atoms with van der Waals surface area (Å²) >= 11 is 0. The second kappa shape index (κ2) is 5.33. The molecule has 4 saturated carbocycles. The van der Waals surface area contributed by atoms with E-state index in [0.717, 1.165) is 12.0 Å². The van der Waals surface area contributed by atoms with Crippen molar-refractivity contribution in [1.29, 1.82) is 0 Å². The minimum absolute atomic E-state index is 0.0775. The first kappa shape index (κ1) is 18.5. The lowest BCUT2D eigenvalue weighted by molar-refractivity contribution is -0.275. The van der Waals surface area contributed by atoms with Crippen LogP contribution in [-0.4, -0.2) is 47.6 Å². The molecule has 8 atom stereocenters. The number of hydrogen-bond acceptors (Lipinski definition) is 6. The van der Waals surface area contributed by atoms with E-state index in [1.54, 1.807) is 0 Å². The summed E-state index contributed by atoms with van der Waals surface area (Å²) in [5.74, 6) is -1.32. The van der Waals surface area contributed by atoms with Crippen molar-refractivity contribution in [2.24, 2.45) is 34.0 Å². The van der Waals surface area contributed by atoms with Crippen LogP contribution < -0.4 is 0 Å². The van der Waals surface area contributed by atoms with E-state index >= 15 is 0 Å². The Hall–Kier alpha value is -1.53. The van der Waals surface area contributed by atoms with E-state index in [1.165, 1.54) is 6.92 Å². The molecule has 4 aliphatic carbocycles. The molecular formula is C22H28O6. The van der Waals surface area contributed by atoms with Gasteiger partial charge in [0.1, 0.15) is 18.0 Å². The summed E-state index contributed by atoms with van der Waals surface area (Å²) in [6, 6.07) is 0. The topological polar surface area (TPSA) is 89.9 Å². The third-order valence-electron chi connectivity index (χ3n) is 8.89. The smallest absolute Gasteiger partial charge is 0.303 e. The van der Waals surface area contributed by atoms with Gasteiger partial charge in [0.15, 0.2) is 5.78 Å². The molecule has 1 N–H and O–H groups in total. The molecule has 6 rings (SSSR count). The number of aliphatic hydroxyl groups excluding tert-OH is 1. The molecule has 2 heterocycles. The normalized spacial score (nSPS) is 50.9. The Morgan fingerprint density at radius 1 is 1.25 bits per heavy atom. The van der Waals surface area contributed by atoms with Gasteiger partial charge in [-0.2, -0.15) is 0 Å². The lowest BCUT2D eigenvalue weighted by Gasteiger charge is -2.68. The molecule has 0 radical (unpaired) electrons. The first-order chi connectivity index (χ1) is 13.1. The Kier molecular flexibility index (Phi) is 3.52. The maximum absolute atomic E-state index is 13.8. The number of carbonyl (C=O) groups excluding carboxylic acids is 3. The van der Waals surface area contributed by atoms with Gasteiger partial charge >= 0.3 is 5.97 Å². The van der Waals surface area contributed by atoms with E-state index in [0.29, 0.717) is 19.3 Å². The third kappa shape index (κ3) is 1.80. The molecule has 6 nitrogen and oxygen atoms in total. The Balaban J connectivity index is 1.73. The zero-order valence-electron chi connectivity index (χ0n) is 16.7. The van der Waals surface area contributed by atoms with Gasteiger partial charge in [0.05, 0.1) is 23.5 Å². The van der Waals surface area contributed by atoms with Crippen molar-refractivity contribution in [1.82, 2.24) is 0 Å². The van der Waals surface area contributed by atoms with Crippen LogP contribution in [-0.2, 0) is 23.9 Å². The Morgan fingerprint density at radius 2 is 1.96 bits per heavy atom. The van der Waals surface area contributed by atoms with E-state index in [4.69, 9.17) is 9.47 Å². The number of esters is 1. The summed E-state index contributed by atoms with van der Waals surface area (Å²) in [7, 11) is 0. The van der Waals surface area contributed by atoms with Crippen LogP contribution in [0.1, 0.15) is 46.5 Å². The summed E-state index contributed by atoms with van der Waals surface area (Å²) in [5.41, 5.74) is -1.70. The molecule has 2 spiro atoms. The predicted octanol–water partition coefficient (Wildman–Crippen LogP) is 1.83. The molecule has 2 saturated heterocycles. The third-order valence-corrected chi connectivity index (χ3v) is 8.89. The van der Waals surface area contributed by atoms with Gasteiger partial charge in [0.2, 0.25) is 0 Å². The maximum Gasteiger partial charge on any atom is 0.303 e. The number of rotatable bonds is 1. The second-order valence-corrected chi connectivity index (χ2v) is 10.2. The number of Topliss-reactive ketones (excluding diaryl/α,β-unsaturated/α-hetero) is 2. The van der Waals surface area contributed by atoms with E-state index in [9.17, 15) is 19.5 Å². The Bertz CT molecular complexity index is 814. The maximum atomic E-state index is 13.8. The van der Waals surface area contributed by atoms with Crippen LogP contribution >= 0.6 is 0 Å². The molecule has 28 heavy (non-hydrogen) atoms. The van der Waals surface area contributed by atoms with Gasteiger partial charge in [0, 0.05) is 19.3 Å². The SMILES string of the molecule is C=C1C2CC[C@@H]3C(C2)(C(=O)[C@@H](O)[C@@H]2C(C)(C)C4CC(=O)C32CO4)[C@@H]1OC(C)=O. The Morgan fingerprint density at radius 3 is 2.61 bits per heavy atom. The average molecular weight is 388 g/mol. The van der Waals surface area contributed by atoms with Gasteiger partial charge in [0.25, 0.3) is 0 Å². The molecule has 2 aliphatic heterocycles. The lowest BCUT2D eigenvalue weighted by Crippen LogP contribution is -2.77. The fourth-order valence-corrected chi connectivity index (χ4v) is 7.86. The van der Waals surface area contributed by atoms with Gasteiger partial charge in [-0.15, -0.1) is 0 Å². The minimum Gasteiger partial charge on any atom is -0.457 e. The summed E-state index contributed by atoms with van der Waals surface area (Å²) in [6.07, 6.45) is 0.0162. The highest BCUT2D eigenvalue weighted by Gasteiger charge is 2.79. The standard InChI is InChI=1S/C22H28O6/c1-10-12-5-6-13-21(8-12,19(10)28-11(2)23)18(26)16(25)17-20(3,4)15-7-14(24)22(13,17)9-27-15/h12-13,15-17,19,25H,1,5-9H2,2-4H3/t12?,13-,15?,16+,17-,19-,21?,22?/m1/s1. The molecule has 0 aromatic rings. The summed E-state index contributed by atoms with van der Waals surface area (Å²) in [4.78, 5) is 39.1. The van der Waals surface area contributed by atoms with Crippen LogP contribution in [0, 0.1) is 34.0 Å². The molecule has 6 aliphatic rings. The highest BCUT2D eigenvalue weighted by Crippen LogP contribution is 2.72. The van der Waals surface area contributed by atoms with Crippen molar-refractivity contribution in [3.8, 4) is 0 Å². The number of fused-ring (bicyclic) bond motifs is 3. The highest BCUT2D eigenvalue weighted by atomic mass is 16.5. The van der Waals surface area contributed by atoms with Gasteiger partial charge in [-0.05, 0) is 42.1 Å². The fraction of sp³-hybridized carbons (Fsp3) is 0.773. The first-order valence-corrected chi connectivity index (χ1v) is 10.3. The number of ether oxygens (including phenoxy) is 2. The predicted molar refractivity (Wildman–Crippen MR) is 98.0 cm³/mol. The zero-order chi connectivity index (χ0) is 20.2. The summed E-state index contributed by atoms with van der Waals surface area (Å²) in [6.45, 7) is 9.73. The second-order valence-electron chi connectivity index (χ2n) is 10.2. The van der Waals surface area contributed by atoms with Crippen molar-refractivity contribution in [3.63, 3.8) is 0 Å². The molecule has 6 fully saturated rings. The van der Waals surface area contributed by atoms with Crippen LogP contribution in [0.5, 0.6) is 0 Å². The number of ketones is 2. The van der Waals surface area contributed by atoms with Crippen molar-refractivity contribution < 1.29 is 29.0 Å². The summed E-state index contributed by atoms with van der Waals surface area (Å²) < 4.78 is 11.8.